The molecule has 3 rings (SSSR count). The average Bonchev–Trinajstić information content (AvgIpc) is 2.89. The average molecular weight is 325 g/mol. The van der Waals surface area contributed by atoms with Crippen LogP contribution in [0.5, 0.6) is 5.75 Å². The van der Waals surface area contributed by atoms with Gasteiger partial charge in [-0.25, -0.2) is 0 Å². The molecule has 0 radical (unpaired) electrons. The van der Waals surface area contributed by atoms with E-state index in [0.29, 0.717) is 0 Å². The molecular weight excluding hydrogens is 304 g/mol. The number of methoxy groups -OCH3 is 1. The Hall–Kier alpha value is -0.580. The van der Waals surface area contributed by atoms with E-state index < -0.39 is 0 Å². The molecule has 2 fully saturated rings. The Bertz CT molecular complexity index is 452. The Morgan fingerprint density at radius 1 is 1.37 bits per heavy atom. The molecule has 2 aliphatic heterocycles. The number of halogens is 1. The fraction of sp³-hybridized carbons (Fsp3) is 0.600. The molecule has 2 saturated heterocycles. The third kappa shape index (κ3) is 2.96. The lowest BCUT2D eigenvalue weighted by Gasteiger charge is -2.34. The molecule has 19 heavy (non-hydrogen) atoms. The van der Waals surface area contributed by atoms with Crippen LogP contribution in [0.4, 0.5) is 0 Å². The zero-order chi connectivity index (χ0) is 13.2. The summed E-state index contributed by atoms with van der Waals surface area (Å²) in [6.45, 7) is 5.87. The first-order valence-electron chi connectivity index (χ1n) is 7.02. The van der Waals surface area contributed by atoms with Gasteiger partial charge in [-0.3, -0.25) is 4.90 Å². The van der Waals surface area contributed by atoms with Crippen LogP contribution in [0, 0.1) is 11.8 Å². The largest absolute Gasteiger partial charge is 0.497 e. The van der Waals surface area contributed by atoms with Gasteiger partial charge < -0.3 is 10.1 Å². The van der Waals surface area contributed by atoms with Crippen LogP contribution in [0.15, 0.2) is 22.7 Å². The van der Waals surface area contributed by atoms with E-state index in [1.807, 2.05) is 6.07 Å². The molecule has 2 atom stereocenters. The van der Waals surface area contributed by atoms with Crippen molar-refractivity contribution in [1.29, 1.82) is 0 Å². The molecule has 104 valence electrons. The number of nitrogens with zero attached hydrogens (tertiary/aromatic N) is 1. The first kappa shape index (κ1) is 13.4. The standard InChI is InChI=1S/C15H21BrN2O/c1-19-14-2-3-15(16)12(6-14)9-18-5-4-11-7-17-8-13(11)10-18/h2-3,6,11,13,17H,4-5,7-10H2,1H3. The summed E-state index contributed by atoms with van der Waals surface area (Å²) in [6.07, 6.45) is 1.33. The van der Waals surface area contributed by atoms with Gasteiger partial charge in [-0.15, -0.1) is 0 Å². The lowest BCUT2D eigenvalue weighted by atomic mass is 9.88. The second kappa shape index (κ2) is 5.81. The number of ether oxygens (including phenoxy) is 1. The van der Waals surface area contributed by atoms with E-state index in [9.17, 15) is 0 Å². The summed E-state index contributed by atoms with van der Waals surface area (Å²) in [7, 11) is 1.72. The van der Waals surface area contributed by atoms with Gasteiger partial charge in [0, 0.05) is 17.6 Å². The normalized spacial score (nSPS) is 27.3. The summed E-state index contributed by atoms with van der Waals surface area (Å²) in [5.41, 5.74) is 1.32. The first-order valence-corrected chi connectivity index (χ1v) is 7.81. The number of hydrogen-bond donors (Lipinski definition) is 1. The van der Waals surface area contributed by atoms with E-state index >= 15 is 0 Å². The number of nitrogens with one attached hydrogen (secondary N) is 1. The Kier molecular flexibility index (Phi) is 4.10. The van der Waals surface area contributed by atoms with Crippen molar-refractivity contribution in [1.82, 2.24) is 10.2 Å². The van der Waals surface area contributed by atoms with Gasteiger partial charge in [-0.05, 0) is 61.7 Å². The van der Waals surface area contributed by atoms with E-state index in [2.05, 4.69) is 38.3 Å². The van der Waals surface area contributed by atoms with Crippen molar-refractivity contribution >= 4 is 15.9 Å². The molecule has 0 amide bonds. The highest BCUT2D eigenvalue weighted by atomic mass is 79.9. The zero-order valence-corrected chi connectivity index (χ0v) is 12.9. The van der Waals surface area contributed by atoms with Gasteiger partial charge in [0.15, 0.2) is 0 Å². The Morgan fingerprint density at radius 2 is 2.21 bits per heavy atom. The van der Waals surface area contributed by atoms with Gasteiger partial charge in [0.05, 0.1) is 7.11 Å². The van der Waals surface area contributed by atoms with Crippen molar-refractivity contribution in [3.05, 3.63) is 28.2 Å². The lowest BCUT2D eigenvalue weighted by molar-refractivity contribution is 0.142. The van der Waals surface area contributed by atoms with E-state index in [1.54, 1.807) is 7.11 Å². The number of hydrogen-bond acceptors (Lipinski definition) is 3. The number of piperidine rings is 1. The molecule has 0 spiro atoms. The molecule has 1 aromatic rings. The first-order chi connectivity index (χ1) is 9.26. The van der Waals surface area contributed by atoms with Crippen molar-refractivity contribution in [3.8, 4) is 5.75 Å². The van der Waals surface area contributed by atoms with Gasteiger partial charge in [0.1, 0.15) is 5.75 Å². The van der Waals surface area contributed by atoms with E-state index in [0.717, 1.165) is 24.1 Å². The van der Waals surface area contributed by atoms with Gasteiger partial charge >= 0.3 is 0 Å². The minimum Gasteiger partial charge on any atom is -0.497 e. The number of rotatable bonds is 3. The van der Waals surface area contributed by atoms with Crippen LogP contribution in [0.25, 0.3) is 0 Å². The lowest BCUT2D eigenvalue weighted by Crippen LogP contribution is -2.39. The van der Waals surface area contributed by atoms with Crippen molar-refractivity contribution in [3.63, 3.8) is 0 Å². The predicted octanol–water partition coefficient (Wildman–Crippen LogP) is 2.50. The molecular formula is C15H21BrN2O. The van der Waals surface area contributed by atoms with Crippen molar-refractivity contribution in [2.75, 3.05) is 33.3 Å². The van der Waals surface area contributed by atoms with Gasteiger partial charge in [-0.2, -0.15) is 0 Å². The summed E-state index contributed by atoms with van der Waals surface area (Å²) in [5, 5.41) is 3.52. The quantitative estimate of drug-likeness (QED) is 0.924. The van der Waals surface area contributed by atoms with Crippen LogP contribution in [0.1, 0.15) is 12.0 Å². The minimum atomic E-state index is 0.845. The second-order valence-electron chi connectivity index (χ2n) is 5.66. The fourth-order valence-corrected chi connectivity index (χ4v) is 3.67. The second-order valence-corrected chi connectivity index (χ2v) is 6.51. The summed E-state index contributed by atoms with van der Waals surface area (Å²) in [4.78, 5) is 2.58. The van der Waals surface area contributed by atoms with Crippen molar-refractivity contribution in [2.45, 2.75) is 13.0 Å². The number of fused-ring (bicyclic) bond motifs is 1. The van der Waals surface area contributed by atoms with E-state index in [4.69, 9.17) is 4.74 Å². The molecule has 1 N–H and O–H groups in total. The highest BCUT2D eigenvalue weighted by Crippen LogP contribution is 2.29. The third-order valence-corrected chi connectivity index (χ3v) is 5.21. The topological polar surface area (TPSA) is 24.5 Å². The maximum Gasteiger partial charge on any atom is 0.119 e. The molecule has 2 aliphatic rings. The highest BCUT2D eigenvalue weighted by molar-refractivity contribution is 9.10. The molecule has 0 saturated carbocycles. The Balaban J connectivity index is 1.68. The SMILES string of the molecule is COc1ccc(Br)c(CN2CCC3CNCC3C2)c1. The molecule has 2 unspecified atom stereocenters. The van der Waals surface area contributed by atoms with E-state index in [-0.39, 0.29) is 0 Å². The van der Waals surface area contributed by atoms with Crippen LogP contribution in [0.2, 0.25) is 0 Å². The number of likely N-dealkylation sites (tertiary alicyclic amines) is 1. The Labute approximate surface area is 123 Å². The van der Waals surface area contributed by atoms with Crippen LogP contribution < -0.4 is 10.1 Å². The summed E-state index contributed by atoms with van der Waals surface area (Å²) in [6, 6.07) is 6.22. The van der Waals surface area contributed by atoms with Gasteiger partial charge in [0.25, 0.3) is 0 Å². The molecule has 2 heterocycles. The van der Waals surface area contributed by atoms with Crippen LogP contribution in [0.3, 0.4) is 0 Å². The summed E-state index contributed by atoms with van der Waals surface area (Å²) < 4.78 is 6.50. The Morgan fingerprint density at radius 3 is 3.05 bits per heavy atom. The zero-order valence-electron chi connectivity index (χ0n) is 11.4. The van der Waals surface area contributed by atoms with Crippen molar-refractivity contribution < 1.29 is 4.74 Å². The van der Waals surface area contributed by atoms with Crippen molar-refractivity contribution in [2.24, 2.45) is 11.8 Å². The highest BCUT2D eigenvalue weighted by Gasteiger charge is 2.32. The van der Waals surface area contributed by atoms with Crippen LogP contribution in [-0.4, -0.2) is 38.2 Å². The maximum atomic E-state index is 5.32. The fourth-order valence-electron chi connectivity index (χ4n) is 3.29. The summed E-state index contributed by atoms with van der Waals surface area (Å²) >= 11 is 3.65. The van der Waals surface area contributed by atoms with Crippen LogP contribution >= 0.6 is 15.9 Å². The molecule has 3 nitrogen and oxygen atoms in total. The van der Waals surface area contributed by atoms with Crippen LogP contribution in [-0.2, 0) is 6.54 Å². The molecule has 0 bridgehead atoms. The smallest absolute Gasteiger partial charge is 0.119 e. The maximum absolute atomic E-state index is 5.32. The molecule has 1 aromatic carbocycles. The van der Waals surface area contributed by atoms with E-state index in [1.165, 1.54) is 42.6 Å². The van der Waals surface area contributed by atoms with Gasteiger partial charge in [-0.1, -0.05) is 15.9 Å². The molecule has 0 aliphatic carbocycles. The summed E-state index contributed by atoms with van der Waals surface area (Å²) in [5.74, 6) is 2.69. The third-order valence-electron chi connectivity index (χ3n) is 4.44. The molecule has 4 heteroatoms. The number of benzene rings is 1. The van der Waals surface area contributed by atoms with Gasteiger partial charge in [0.2, 0.25) is 0 Å². The molecule has 0 aromatic heterocycles. The predicted molar refractivity (Wildman–Crippen MR) is 80.4 cm³/mol. The minimum absolute atomic E-state index is 0.845. The monoisotopic (exact) mass is 324 g/mol.